The molecule has 0 aliphatic rings. The Kier molecular flexibility index (Phi) is 7.27. The quantitative estimate of drug-likeness (QED) is 0.403. The third kappa shape index (κ3) is 6.01. The minimum absolute atomic E-state index is 0.102. The molecular formula is C19H18ClN3O6. The summed E-state index contributed by atoms with van der Waals surface area (Å²) in [4.78, 5) is 46.3. The van der Waals surface area contributed by atoms with E-state index in [2.05, 4.69) is 10.6 Å². The van der Waals surface area contributed by atoms with Crippen LogP contribution in [0.15, 0.2) is 42.5 Å². The molecule has 0 unspecified atom stereocenters. The number of hydrogen-bond acceptors (Lipinski definition) is 6. The normalized spacial score (nSPS) is 11.3. The standard InChI is InChI=1S/C19H18ClN3O6/c1-11-9-13(23(27)28)7-8-16(11)22-17(24)10-29-19(26)12(2)21-18(25)14-5-3-4-6-15(14)20/h3-9,12H,10H2,1-2H3,(H,21,25)(H,22,24)/t12-/m0/s1. The van der Waals surface area contributed by atoms with Crippen molar-refractivity contribution in [2.75, 3.05) is 11.9 Å². The van der Waals surface area contributed by atoms with E-state index in [0.29, 0.717) is 11.3 Å². The Labute approximate surface area is 171 Å². The van der Waals surface area contributed by atoms with E-state index in [9.17, 15) is 24.5 Å². The number of ether oxygens (including phenoxy) is 1. The van der Waals surface area contributed by atoms with Crippen molar-refractivity contribution in [1.82, 2.24) is 5.32 Å². The monoisotopic (exact) mass is 419 g/mol. The first-order valence-electron chi connectivity index (χ1n) is 8.46. The number of nitrogens with one attached hydrogen (secondary N) is 2. The molecule has 10 heteroatoms. The maximum Gasteiger partial charge on any atom is 0.328 e. The smallest absolute Gasteiger partial charge is 0.328 e. The first-order valence-corrected chi connectivity index (χ1v) is 8.83. The Morgan fingerprint density at radius 1 is 1.21 bits per heavy atom. The number of anilines is 1. The zero-order chi connectivity index (χ0) is 21.6. The lowest BCUT2D eigenvalue weighted by atomic mass is 10.2. The lowest BCUT2D eigenvalue weighted by Gasteiger charge is -2.14. The number of rotatable bonds is 7. The van der Waals surface area contributed by atoms with Gasteiger partial charge >= 0.3 is 5.97 Å². The number of benzene rings is 2. The number of hydrogen-bond donors (Lipinski definition) is 2. The number of nitrogens with zero attached hydrogens (tertiary/aromatic N) is 1. The molecule has 2 rings (SSSR count). The van der Waals surface area contributed by atoms with Crippen LogP contribution in [0.3, 0.4) is 0 Å². The van der Waals surface area contributed by atoms with Gasteiger partial charge in [0.15, 0.2) is 6.61 Å². The predicted molar refractivity (Wildman–Crippen MR) is 106 cm³/mol. The zero-order valence-corrected chi connectivity index (χ0v) is 16.4. The number of carbonyl (C=O) groups is 3. The Hall–Kier alpha value is -3.46. The minimum Gasteiger partial charge on any atom is -0.454 e. The van der Waals surface area contributed by atoms with Gasteiger partial charge in [-0.2, -0.15) is 0 Å². The van der Waals surface area contributed by atoms with Gasteiger partial charge in [0.2, 0.25) is 0 Å². The largest absolute Gasteiger partial charge is 0.454 e. The lowest BCUT2D eigenvalue weighted by Crippen LogP contribution is -2.40. The van der Waals surface area contributed by atoms with Crippen LogP contribution in [0.2, 0.25) is 5.02 Å². The number of aryl methyl sites for hydroxylation is 1. The van der Waals surface area contributed by atoms with Crippen LogP contribution in [0.1, 0.15) is 22.8 Å². The highest BCUT2D eigenvalue weighted by Gasteiger charge is 2.20. The SMILES string of the molecule is Cc1cc([N+](=O)[O-])ccc1NC(=O)COC(=O)[C@H](C)NC(=O)c1ccccc1Cl. The summed E-state index contributed by atoms with van der Waals surface area (Å²) in [5, 5.41) is 15.9. The number of esters is 1. The van der Waals surface area contributed by atoms with Crippen LogP contribution in [0, 0.1) is 17.0 Å². The molecule has 1 atom stereocenters. The average Bonchev–Trinajstić information content (AvgIpc) is 2.67. The first kappa shape index (κ1) is 21.8. The average molecular weight is 420 g/mol. The van der Waals surface area contributed by atoms with E-state index in [1.807, 2.05) is 0 Å². The summed E-state index contributed by atoms with van der Waals surface area (Å²) >= 11 is 5.93. The molecule has 0 bridgehead atoms. The van der Waals surface area contributed by atoms with Gasteiger partial charge in [-0.15, -0.1) is 0 Å². The fourth-order valence-electron chi connectivity index (χ4n) is 2.33. The van der Waals surface area contributed by atoms with Crippen molar-refractivity contribution in [2.24, 2.45) is 0 Å². The van der Waals surface area contributed by atoms with Gasteiger partial charge in [-0.1, -0.05) is 23.7 Å². The molecule has 0 saturated carbocycles. The van der Waals surface area contributed by atoms with Crippen molar-refractivity contribution in [3.8, 4) is 0 Å². The molecule has 2 aromatic carbocycles. The van der Waals surface area contributed by atoms with E-state index < -0.39 is 35.4 Å². The van der Waals surface area contributed by atoms with Gasteiger partial charge in [0, 0.05) is 17.8 Å². The minimum atomic E-state index is -1.01. The van der Waals surface area contributed by atoms with Gasteiger partial charge in [0.25, 0.3) is 17.5 Å². The molecule has 0 radical (unpaired) electrons. The van der Waals surface area contributed by atoms with Crippen molar-refractivity contribution in [3.05, 3.63) is 68.7 Å². The van der Waals surface area contributed by atoms with Crippen molar-refractivity contribution in [3.63, 3.8) is 0 Å². The van der Waals surface area contributed by atoms with Crippen LogP contribution >= 0.6 is 11.6 Å². The van der Waals surface area contributed by atoms with Gasteiger partial charge in [0.1, 0.15) is 6.04 Å². The molecule has 0 aliphatic heterocycles. The Morgan fingerprint density at radius 3 is 2.52 bits per heavy atom. The zero-order valence-electron chi connectivity index (χ0n) is 15.6. The van der Waals surface area contributed by atoms with Crippen LogP contribution in [-0.2, 0) is 14.3 Å². The van der Waals surface area contributed by atoms with Crippen LogP contribution < -0.4 is 10.6 Å². The van der Waals surface area contributed by atoms with E-state index in [-0.39, 0.29) is 16.3 Å². The van der Waals surface area contributed by atoms with Crippen LogP contribution in [0.25, 0.3) is 0 Å². The summed E-state index contributed by atoms with van der Waals surface area (Å²) < 4.78 is 4.90. The number of carbonyl (C=O) groups excluding carboxylic acids is 3. The Bertz CT molecular complexity index is 963. The molecule has 29 heavy (non-hydrogen) atoms. The molecule has 152 valence electrons. The van der Waals surface area contributed by atoms with E-state index in [1.165, 1.54) is 31.2 Å². The van der Waals surface area contributed by atoms with Gasteiger partial charge in [-0.3, -0.25) is 19.7 Å². The van der Waals surface area contributed by atoms with E-state index in [0.717, 1.165) is 0 Å². The maximum absolute atomic E-state index is 12.1. The molecule has 2 aromatic rings. The van der Waals surface area contributed by atoms with Crippen molar-refractivity contribution < 1.29 is 24.0 Å². The van der Waals surface area contributed by atoms with E-state index >= 15 is 0 Å². The van der Waals surface area contributed by atoms with Crippen molar-refractivity contribution >= 4 is 40.8 Å². The molecule has 0 fully saturated rings. The summed E-state index contributed by atoms with van der Waals surface area (Å²) in [5.74, 6) is -1.98. The molecule has 0 heterocycles. The number of amides is 2. The second-order valence-corrected chi connectivity index (χ2v) is 6.49. The topological polar surface area (TPSA) is 128 Å². The van der Waals surface area contributed by atoms with Gasteiger partial charge in [-0.05, 0) is 37.6 Å². The van der Waals surface area contributed by atoms with Gasteiger partial charge in [-0.25, -0.2) is 4.79 Å². The fraction of sp³-hybridized carbons (Fsp3) is 0.211. The molecule has 0 spiro atoms. The van der Waals surface area contributed by atoms with Gasteiger partial charge < -0.3 is 15.4 Å². The summed E-state index contributed by atoms with van der Waals surface area (Å²) in [5.41, 5.74) is 0.950. The number of halogens is 1. The highest BCUT2D eigenvalue weighted by molar-refractivity contribution is 6.33. The van der Waals surface area contributed by atoms with E-state index in [1.54, 1.807) is 25.1 Å². The molecular weight excluding hydrogens is 402 g/mol. The molecule has 2 N–H and O–H groups in total. The van der Waals surface area contributed by atoms with Crippen LogP contribution in [-0.4, -0.2) is 35.4 Å². The highest BCUT2D eigenvalue weighted by Crippen LogP contribution is 2.21. The second-order valence-electron chi connectivity index (χ2n) is 6.09. The van der Waals surface area contributed by atoms with Crippen LogP contribution in [0.5, 0.6) is 0 Å². The van der Waals surface area contributed by atoms with Crippen molar-refractivity contribution in [1.29, 1.82) is 0 Å². The van der Waals surface area contributed by atoms with Gasteiger partial charge in [0.05, 0.1) is 15.5 Å². The predicted octanol–water partition coefficient (Wildman–Crippen LogP) is 2.86. The Balaban J connectivity index is 1.86. The molecule has 0 saturated heterocycles. The maximum atomic E-state index is 12.1. The molecule has 9 nitrogen and oxygen atoms in total. The van der Waals surface area contributed by atoms with Crippen LogP contribution in [0.4, 0.5) is 11.4 Å². The summed E-state index contributed by atoms with van der Waals surface area (Å²) in [6.07, 6.45) is 0. The Morgan fingerprint density at radius 2 is 1.90 bits per heavy atom. The first-order chi connectivity index (χ1) is 13.7. The highest BCUT2D eigenvalue weighted by atomic mass is 35.5. The summed E-state index contributed by atoms with van der Waals surface area (Å²) in [6.45, 7) is 2.43. The number of nitro benzene ring substituents is 1. The third-order valence-corrected chi connectivity index (χ3v) is 4.19. The number of non-ortho nitro benzene ring substituents is 1. The molecule has 0 aliphatic carbocycles. The lowest BCUT2D eigenvalue weighted by molar-refractivity contribution is -0.384. The molecule has 0 aromatic heterocycles. The summed E-state index contributed by atoms with van der Waals surface area (Å²) in [7, 11) is 0. The second kappa shape index (κ2) is 9.65. The molecule has 2 amide bonds. The van der Waals surface area contributed by atoms with E-state index in [4.69, 9.17) is 16.3 Å². The van der Waals surface area contributed by atoms with Crippen molar-refractivity contribution in [2.45, 2.75) is 19.9 Å². The fourth-order valence-corrected chi connectivity index (χ4v) is 2.55. The summed E-state index contributed by atoms with van der Waals surface area (Å²) in [6, 6.07) is 9.30. The number of nitro groups is 1. The third-order valence-electron chi connectivity index (χ3n) is 3.86.